The van der Waals surface area contributed by atoms with Gasteiger partial charge in [0, 0.05) is 42.5 Å². The summed E-state index contributed by atoms with van der Waals surface area (Å²) in [5.74, 6) is 0.879. The summed E-state index contributed by atoms with van der Waals surface area (Å²) in [5.41, 5.74) is 2.05. The first-order chi connectivity index (χ1) is 13.2. The maximum Gasteiger partial charge on any atom is 0.315 e. The van der Waals surface area contributed by atoms with Gasteiger partial charge in [-0.3, -0.25) is 4.79 Å². The molecule has 2 aromatic rings. The fourth-order valence-corrected chi connectivity index (χ4v) is 3.57. The Hall–Kier alpha value is -2.67. The number of benzene rings is 2. The zero-order valence-corrected chi connectivity index (χ0v) is 15.9. The van der Waals surface area contributed by atoms with E-state index < -0.39 is 0 Å². The third-order valence-corrected chi connectivity index (χ3v) is 5.21. The molecule has 0 spiro atoms. The van der Waals surface area contributed by atoms with Crippen LogP contribution in [0.25, 0.3) is 0 Å². The topological polar surface area (TPSA) is 73.5 Å². The zero-order valence-electron chi connectivity index (χ0n) is 15.1. The number of anilines is 1. The Bertz CT molecular complexity index is 752. The van der Waals surface area contributed by atoms with Crippen molar-refractivity contribution in [2.75, 3.05) is 36.8 Å². The number of nitrogens with one attached hydrogen (secondary N) is 3. The monoisotopic (exact) mass is 384 g/mol. The van der Waals surface area contributed by atoms with Crippen molar-refractivity contribution in [3.8, 4) is 0 Å². The van der Waals surface area contributed by atoms with Crippen LogP contribution in [0.15, 0.2) is 59.5 Å². The van der Waals surface area contributed by atoms with Gasteiger partial charge in [0.05, 0.1) is 6.54 Å². The lowest BCUT2D eigenvalue weighted by Crippen LogP contribution is -2.47. The molecule has 7 heteroatoms. The molecule has 1 saturated heterocycles. The van der Waals surface area contributed by atoms with E-state index in [0.717, 1.165) is 23.5 Å². The Morgan fingerprint density at radius 1 is 1.07 bits per heavy atom. The highest BCUT2D eigenvalue weighted by Gasteiger charge is 2.16. The number of hydrogen-bond donors (Lipinski definition) is 3. The molecule has 27 heavy (non-hydrogen) atoms. The Morgan fingerprint density at radius 2 is 1.85 bits per heavy atom. The van der Waals surface area contributed by atoms with Crippen molar-refractivity contribution in [3.05, 3.63) is 60.2 Å². The number of rotatable bonds is 7. The summed E-state index contributed by atoms with van der Waals surface area (Å²) in [6.45, 7) is 2.96. The first kappa shape index (κ1) is 19.1. The van der Waals surface area contributed by atoms with Crippen LogP contribution in [0, 0.1) is 0 Å². The smallest absolute Gasteiger partial charge is 0.315 e. The van der Waals surface area contributed by atoms with Crippen molar-refractivity contribution in [2.45, 2.75) is 11.4 Å². The molecule has 3 amide bonds. The van der Waals surface area contributed by atoms with E-state index in [1.807, 2.05) is 47.4 Å². The van der Waals surface area contributed by atoms with Gasteiger partial charge >= 0.3 is 6.03 Å². The van der Waals surface area contributed by atoms with Crippen LogP contribution in [-0.2, 0) is 11.3 Å². The van der Waals surface area contributed by atoms with Crippen molar-refractivity contribution >= 4 is 29.4 Å². The second-order valence-electron chi connectivity index (χ2n) is 6.21. The van der Waals surface area contributed by atoms with Gasteiger partial charge in [-0.2, -0.15) is 0 Å². The van der Waals surface area contributed by atoms with Crippen LogP contribution in [0.4, 0.5) is 10.5 Å². The molecule has 0 radical (unpaired) electrons. The molecule has 3 N–H and O–H groups in total. The number of urea groups is 1. The fourth-order valence-electron chi connectivity index (χ4n) is 2.78. The van der Waals surface area contributed by atoms with Gasteiger partial charge in [-0.25, -0.2) is 4.79 Å². The van der Waals surface area contributed by atoms with E-state index in [4.69, 9.17) is 0 Å². The standard InChI is InChI=1S/C20H24N4O2S/c25-19-15-24(12-10-21-19)17-8-6-16(7-9-17)14-23-20(26)22-11-13-27-18-4-2-1-3-5-18/h1-9H,10-15H2,(H,21,25)(H2,22,23,26). The number of nitrogens with zero attached hydrogens (tertiary/aromatic N) is 1. The van der Waals surface area contributed by atoms with E-state index >= 15 is 0 Å². The Labute approximate surface area is 163 Å². The molecule has 6 nitrogen and oxygen atoms in total. The first-order valence-corrected chi connectivity index (χ1v) is 9.99. The number of amides is 3. The number of carbonyl (C=O) groups excluding carboxylic acids is 2. The lowest BCUT2D eigenvalue weighted by atomic mass is 10.2. The summed E-state index contributed by atoms with van der Waals surface area (Å²) in [7, 11) is 0. The summed E-state index contributed by atoms with van der Waals surface area (Å²) in [6, 6.07) is 17.9. The van der Waals surface area contributed by atoms with Crippen LogP contribution in [0.1, 0.15) is 5.56 Å². The highest BCUT2D eigenvalue weighted by atomic mass is 32.2. The van der Waals surface area contributed by atoms with Crippen LogP contribution in [0.3, 0.4) is 0 Å². The minimum atomic E-state index is -0.166. The molecule has 0 aliphatic carbocycles. The van der Waals surface area contributed by atoms with Crippen molar-refractivity contribution < 1.29 is 9.59 Å². The number of carbonyl (C=O) groups is 2. The van der Waals surface area contributed by atoms with E-state index in [9.17, 15) is 9.59 Å². The Kier molecular flexibility index (Phi) is 6.98. The summed E-state index contributed by atoms with van der Waals surface area (Å²) >= 11 is 1.72. The SMILES string of the molecule is O=C1CN(c2ccc(CNC(=O)NCCSc3ccccc3)cc2)CCN1. The molecule has 1 fully saturated rings. The highest BCUT2D eigenvalue weighted by Crippen LogP contribution is 2.16. The summed E-state index contributed by atoms with van der Waals surface area (Å²) in [5, 5.41) is 8.55. The molecule has 0 saturated carbocycles. The van der Waals surface area contributed by atoms with E-state index in [1.165, 1.54) is 4.90 Å². The highest BCUT2D eigenvalue weighted by molar-refractivity contribution is 7.99. The molecule has 142 valence electrons. The number of piperazine rings is 1. The van der Waals surface area contributed by atoms with Crippen molar-refractivity contribution in [1.29, 1.82) is 0 Å². The van der Waals surface area contributed by atoms with E-state index in [2.05, 4.69) is 28.1 Å². The van der Waals surface area contributed by atoms with Gasteiger partial charge in [-0.15, -0.1) is 11.8 Å². The molecule has 0 unspecified atom stereocenters. The predicted octanol–water partition coefficient (Wildman–Crippen LogP) is 2.21. The summed E-state index contributed by atoms with van der Waals surface area (Å²) in [6.07, 6.45) is 0. The van der Waals surface area contributed by atoms with Gasteiger partial charge in [0.15, 0.2) is 0 Å². The van der Waals surface area contributed by atoms with Crippen LogP contribution in [0.2, 0.25) is 0 Å². The second kappa shape index (κ2) is 9.87. The van der Waals surface area contributed by atoms with Crippen LogP contribution in [0.5, 0.6) is 0 Å². The van der Waals surface area contributed by atoms with E-state index in [0.29, 0.717) is 26.2 Å². The molecule has 1 aliphatic heterocycles. The lowest BCUT2D eigenvalue weighted by Gasteiger charge is -2.28. The number of thioether (sulfide) groups is 1. The quantitative estimate of drug-likeness (QED) is 0.506. The molecule has 0 bridgehead atoms. The van der Waals surface area contributed by atoms with Gasteiger partial charge in [0.25, 0.3) is 0 Å². The maximum absolute atomic E-state index is 11.9. The van der Waals surface area contributed by atoms with Crippen molar-refractivity contribution in [1.82, 2.24) is 16.0 Å². The molecule has 1 aliphatic rings. The average Bonchev–Trinajstić information content (AvgIpc) is 2.71. The van der Waals surface area contributed by atoms with Gasteiger partial charge in [-0.1, -0.05) is 30.3 Å². The van der Waals surface area contributed by atoms with Crippen molar-refractivity contribution in [3.63, 3.8) is 0 Å². The third kappa shape index (κ3) is 6.21. The van der Waals surface area contributed by atoms with Gasteiger partial charge in [0.1, 0.15) is 0 Å². The normalized spacial score (nSPS) is 13.8. The van der Waals surface area contributed by atoms with Gasteiger partial charge in [0.2, 0.25) is 5.91 Å². The average molecular weight is 385 g/mol. The van der Waals surface area contributed by atoms with E-state index in [1.54, 1.807) is 11.8 Å². The molecule has 3 rings (SSSR count). The molecule has 1 heterocycles. The summed E-state index contributed by atoms with van der Waals surface area (Å²) in [4.78, 5) is 26.6. The Balaban J connectivity index is 1.35. The van der Waals surface area contributed by atoms with Crippen LogP contribution >= 0.6 is 11.8 Å². The number of hydrogen-bond acceptors (Lipinski definition) is 4. The molecular formula is C20H24N4O2S. The van der Waals surface area contributed by atoms with Crippen LogP contribution < -0.4 is 20.9 Å². The molecule has 0 atom stereocenters. The fraction of sp³-hybridized carbons (Fsp3) is 0.300. The third-order valence-electron chi connectivity index (χ3n) is 4.19. The van der Waals surface area contributed by atoms with Gasteiger partial charge < -0.3 is 20.9 Å². The molecule has 2 aromatic carbocycles. The molecule has 0 aromatic heterocycles. The minimum absolute atomic E-state index is 0.0501. The minimum Gasteiger partial charge on any atom is -0.360 e. The molecular weight excluding hydrogens is 360 g/mol. The lowest BCUT2D eigenvalue weighted by molar-refractivity contribution is -0.120. The second-order valence-corrected chi connectivity index (χ2v) is 7.38. The maximum atomic E-state index is 11.9. The predicted molar refractivity (Wildman–Crippen MR) is 109 cm³/mol. The van der Waals surface area contributed by atoms with Crippen molar-refractivity contribution in [2.24, 2.45) is 0 Å². The van der Waals surface area contributed by atoms with E-state index in [-0.39, 0.29) is 11.9 Å². The van der Waals surface area contributed by atoms with Gasteiger partial charge in [-0.05, 0) is 29.8 Å². The Morgan fingerprint density at radius 3 is 2.59 bits per heavy atom. The zero-order chi connectivity index (χ0) is 18.9. The summed E-state index contributed by atoms with van der Waals surface area (Å²) < 4.78 is 0. The van der Waals surface area contributed by atoms with Crippen LogP contribution in [-0.4, -0.2) is 43.9 Å². The largest absolute Gasteiger partial charge is 0.360 e. The first-order valence-electron chi connectivity index (χ1n) is 9.01.